The fourth-order valence-corrected chi connectivity index (χ4v) is 2.13. The Hall–Kier alpha value is -1.67. The van der Waals surface area contributed by atoms with Crippen LogP contribution in [0, 0.1) is 0 Å². The minimum atomic E-state index is 0.0703. The average molecular weight is 228 g/mol. The first kappa shape index (κ1) is 10.8. The molecule has 0 aliphatic carbocycles. The summed E-state index contributed by atoms with van der Waals surface area (Å²) < 4.78 is 0. The molecule has 1 heterocycles. The molecule has 80 valence electrons. The van der Waals surface area contributed by atoms with Gasteiger partial charge in [-0.05, 0) is 52.6 Å². The molecule has 2 rings (SSSR count). The molecule has 0 saturated carbocycles. The molecular weight excluding hydrogens is 216 g/mol. The lowest BCUT2D eigenvalue weighted by Gasteiger charge is -1.99. The second kappa shape index (κ2) is 4.90. The molecular formula is C14H12OS. The molecule has 1 aromatic carbocycles. The lowest BCUT2D eigenvalue weighted by atomic mass is 10.1. The summed E-state index contributed by atoms with van der Waals surface area (Å²) in [5.74, 6) is 0.0703. The molecule has 16 heavy (non-hydrogen) atoms. The van der Waals surface area contributed by atoms with Crippen LogP contribution in [0.2, 0.25) is 0 Å². The SMILES string of the molecule is CC(=O)C=Cc1cccc(-c2ccsc2)c1. The molecule has 0 N–H and O–H groups in total. The van der Waals surface area contributed by atoms with Gasteiger partial charge in [0.1, 0.15) is 0 Å². The van der Waals surface area contributed by atoms with Crippen molar-refractivity contribution in [1.82, 2.24) is 0 Å². The van der Waals surface area contributed by atoms with Gasteiger partial charge in [-0.25, -0.2) is 0 Å². The summed E-state index contributed by atoms with van der Waals surface area (Å²) in [6.45, 7) is 1.55. The van der Waals surface area contributed by atoms with E-state index in [1.54, 1.807) is 24.3 Å². The van der Waals surface area contributed by atoms with Crippen molar-refractivity contribution in [2.24, 2.45) is 0 Å². The number of carbonyl (C=O) groups excluding carboxylic acids is 1. The van der Waals surface area contributed by atoms with Gasteiger partial charge in [0.05, 0.1) is 0 Å². The van der Waals surface area contributed by atoms with Gasteiger partial charge in [-0.2, -0.15) is 11.3 Å². The molecule has 0 saturated heterocycles. The van der Waals surface area contributed by atoms with Gasteiger partial charge < -0.3 is 0 Å². The number of thiophene rings is 1. The van der Waals surface area contributed by atoms with E-state index in [0.29, 0.717) is 0 Å². The second-order valence-corrected chi connectivity index (χ2v) is 4.36. The predicted molar refractivity (Wildman–Crippen MR) is 69.5 cm³/mol. The number of ketones is 1. The molecule has 2 heteroatoms. The van der Waals surface area contributed by atoms with Crippen molar-refractivity contribution in [3.05, 3.63) is 52.7 Å². The number of hydrogen-bond donors (Lipinski definition) is 0. The van der Waals surface area contributed by atoms with Crippen LogP contribution in [0.25, 0.3) is 17.2 Å². The number of hydrogen-bond acceptors (Lipinski definition) is 2. The number of rotatable bonds is 3. The highest BCUT2D eigenvalue weighted by Crippen LogP contribution is 2.23. The summed E-state index contributed by atoms with van der Waals surface area (Å²) >= 11 is 1.69. The van der Waals surface area contributed by atoms with Gasteiger partial charge in [0.15, 0.2) is 5.78 Å². The Labute approximate surface area is 99.1 Å². The van der Waals surface area contributed by atoms with Crippen LogP contribution in [0.4, 0.5) is 0 Å². The maximum Gasteiger partial charge on any atom is 0.152 e. The summed E-state index contributed by atoms with van der Waals surface area (Å²) in [5.41, 5.74) is 3.47. The van der Waals surface area contributed by atoms with Crippen LogP contribution in [-0.4, -0.2) is 5.78 Å². The Balaban J connectivity index is 2.30. The Kier molecular flexibility index (Phi) is 3.32. The minimum absolute atomic E-state index is 0.0703. The molecule has 0 fully saturated rings. The van der Waals surface area contributed by atoms with Gasteiger partial charge in [-0.3, -0.25) is 4.79 Å². The first-order chi connectivity index (χ1) is 7.75. The van der Waals surface area contributed by atoms with Crippen LogP contribution in [0.3, 0.4) is 0 Å². The number of benzene rings is 1. The van der Waals surface area contributed by atoms with Crippen molar-refractivity contribution in [2.45, 2.75) is 6.92 Å². The van der Waals surface area contributed by atoms with Crippen LogP contribution < -0.4 is 0 Å². The van der Waals surface area contributed by atoms with Gasteiger partial charge in [-0.1, -0.05) is 24.3 Å². The summed E-state index contributed by atoms with van der Waals surface area (Å²) in [4.78, 5) is 10.8. The average Bonchev–Trinajstić information content (AvgIpc) is 2.80. The molecule has 0 radical (unpaired) electrons. The molecule has 0 aliphatic heterocycles. The third kappa shape index (κ3) is 2.67. The largest absolute Gasteiger partial charge is 0.295 e. The van der Waals surface area contributed by atoms with Crippen molar-refractivity contribution in [3.8, 4) is 11.1 Å². The van der Waals surface area contributed by atoms with E-state index in [1.165, 1.54) is 11.1 Å². The maximum atomic E-state index is 10.8. The van der Waals surface area contributed by atoms with E-state index in [9.17, 15) is 4.79 Å². The van der Waals surface area contributed by atoms with E-state index >= 15 is 0 Å². The first-order valence-electron chi connectivity index (χ1n) is 5.07. The molecule has 0 aliphatic rings. The second-order valence-electron chi connectivity index (χ2n) is 3.58. The highest BCUT2D eigenvalue weighted by atomic mass is 32.1. The monoisotopic (exact) mass is 228 g/mol. The summed E-state index contributed by atoms with van der Waals surface area (Å²) in [7, 11) is 0. The molecule has 2 aromatic rings. The minimum Gasteiger partial charge on any atom is -0.295 e. The molecule has 1 aromatic heterocycles. The topological polar surface area (TPSA) is 17.1 Å². The van der Waals surface area contributed by atoms with E-state index in [-0.39, 0.29) is 5.78 Å². The Morgan fingerprint density at radius 2 is 2.12 bits per heavy atom. The van der Waals surface area contributed by atoms with Crippen molar-refractivity contribution >= 4 is 23.2 Å². The van der Waals surface area contributed by atoms with Crippen LogP contribution >= 0.6 is 11.3 Å². The standard InChI is InChI=1S/C14H12OS/c1-11(15)5-6-12-3-2-4-13(9-12)14-7-8-16-10-14/h2-10H,1H3. The zero-order valence-corrected chi connectivity index (χ0v) is 9.83. The highest BCUT2D eigenvalue weighted by Gasteiger charge is 1.97. The summed E-state index contributed by atoms with van der Waals surface area (Å²) in [5, 5.41) is 4.18. The number of allylic oxidation sites excluding steroid dienone is 1. The fraction of sp³-hybridized carbons (Fsp3) is 0.0714. The molecule has 0 unspecified atom stereocenters. The predicted octanol–water partition coefficient (Wildman–Crippen LogP) is 4.02. The Bertz CT molecular complexity index is 509. The van der Waals surface area contributed by atoms with Crippen molar-refractivity contribution in [3.63, 3.8) is 0 Å². The van der Waals surface area contributed by atoms with Crippen molar-refractivity contribution in [2.75, 3.05) is 0 Å². The lowest BCUT2D eigenvalue weighted by molar-refractivity contribution is -0.112. The van der Waals surface area contributed by atoms with E-state index in [4.69, 9.17) is 0 Å². The zero-order chi connectivity index (χ0) is 11.4. The normalized spacial score (nSPS) is 10.8. The fourth-order valence-electron chi connectivity index (χ4n) is 1.46. The Morgan fingerprint density at radius 3 is 2.81 bits per heavy atom. The van der Waals surface area contributed by atoms with Crippen LogP contribution in [0.1, 0.15) is 12.5 Å². The molecule has 0 spiro atoms. The van der Waals surface area contributed by atoms with Gasteiger partial charge in [-0.15, -0.1) is 0 Å². The van der Waals surface area contributed by atoms with Crippen molar-refractivity contribution in [1.29, 1.82) is 0 Å². The van der Waals surface area contributed by atoms with E-state index in [1.807, 2.05) is 18.2 Å². The van der Waals surface area contributed by atoms with Crippen LogP contribution in [0.5, 0.6) is 0 Å². The molecule has 1 nitrogen and oxygen atoms in total. The van der Waals surface area contributed by atoms with Gasteiger partial charge in [0.2, 0.25) is 0 Å². The maximum absolute atomic E-state index is 10.8. The lowest BCUT2D eigenvalue weighted by Crippen LogP contribution is -1.81. The third-order valence-electron chi connectivity index (χ3n) is 2.25. The Morgan fingerprint density at radius 1 is 1.25 bits per heavy atom. The zero-order valence-electron chi connectivity index (χ0n) is 9.01. The smallest absolute Gasteiger partial charge is 0.152 e. The summed E-state index contributed by atoms with van der Waals surface area (Å²) in [6, 6.07) is 10.3. The summed E-state index contributed by atoms with van der Waals surface area (Å²) in [6.07, 6.45) is 3.44. The van der Waals surface area contributed by atoms with Crippen LogP contribution in [0.15, 0.2) is 47.2 Å². The van der Waals surface area contributed by atoms with Gasteiger partial charge in [0.25, 0.3) is 0 Å². The first-order valence-corrected chi connectivity index (χ1v) is 6.01. The van der Waals surface area contributed by atoms with E-state index in [0.717, 1.165) is 5.56 Å². The van der Waals surface area contributed by atoms with Crippen LogP contribution in [-0.2, 0) is 4.79 Å². The third-order valence-corrected chi connectivity index (χ3v) is 2.93. The van der Waals surface area contributed by atoms with E-state index in [2.05, 4.69) is 29.0 Å². The molecule has 0 atom stereocenters. The van der Waals surface area contributed by atoms with Gasteiger partial charge >= 0.3 is 0 Å². The highest BCUT2D eigenvalue weighted by molar-refractivity contribution is 7.08. The van der Waals surface area contributed by atoms with Crippen molar-refractivity contribution < 1.29 is 4.79 Å². The molecule has 0 amide bonds. The molecule has 0 bridgehead atoms. The van der Waals surface area contributed by atoms with Gasteiger partial charge in [0, 0.05) is 0 Å². The number of carbonyl (C=O) groups is 1. The quantitative estimate of drug-likeness (QED) is 0.725. The van der Waals surface area contributed by atoms with E-state index < -0.39 is 0 Å².